The molecule has 4 heteroatoms. The van der Waals surface area contributed by atoms with E-state index in [0.717, 1.165) is 5.56 Å². The molecule has 4 nitrogen and oxygen atoms in total. The Kier molecular flexibility index (Phi) is 4.10. The van der Waals surface area contributed by atoms with Gasteiger partial charge >= 0.3 is 0 Å². The molecule has 0 aliphatic heterocycles. The van der Waals surface area contributed by atoms with Crippen molar-refractivity contribution in [1.29, 1.82) is 0 Å². The molecule has 14 heavy (non-hydrogen) atoms. The zero-order valence-corrected chi connectivity index (χ0v) is 7.81. The van der Waals surface area contributed by atoms with Crippen LogP contribution in [-0.4, -0.2) is 17.2 Å². The van der Waals surface area contributed by atoms with Crippen molar-refractivity contribution in [2.45, 2.75) is 18.9 Å². The summed E-state index contributed by atoms with van der Waals surface area (Å²) in [6.07, 6.45) is 1.21. The molecule has 0 aliphatic rings. The minimum absolute atomic E-state index is 0.496. The van der Waals surface area contributed by atoms with Crippen molar-refractivity contribution in [2.24, 2.45) is 5.73 Å². The Bertz CT molecular complexity index is 287. The molecule has 0 aromatic heterocycles. The molecule has 1 aromatic carbocycles. The van der Waals surface area contributed by atoms with E-state index in [-0.39, 0.29) is 0 Å². The van der Waals surface area contributed by atoms with Gasteiger partial charge in [0, 0.05) is 0 Å². The molecule has 0 bridgehead atoms. The lowest BCUT2D eigenvalue weighted by molar-refractivity contribution is -0.122. The van der Waals surface area contributed by atoms with Crippen molar-refractivity contribution in [3.8, 4) is 0 Å². The monoisotopic (exact) mass is 194 g/mol. The van der Waals surface area contributed by atoms with Gasteiger partial charge in [0.1, 0.15) is 6.04 Å². The van der Waals surface area contributed by atoms with Crippen LogP contribution >= 0.6 is 0 Å². The van der Waals surface area contributed by atoms with Crippen LogP contribution < -0.4 is 11.2 Å². The maximum absolute atomic E-state index is 10.8. The van der Waals surface area contributed by atoms with Crippen LogP contribution in [0.15, 0.2) is 30.3 Å². The Morgan fingerprint density at radius 3 is 2.57 bits per heavy atom. The van der Waals surface area contributed by atoms with E-state index in [0.29, 0.717) is 12.8 Å². The molecule has 0 aliphatic carbocycles. The standard InChI is InChI=1S/C10H14N2O2/c11-10(13)9(12-14)7-6-8-4-2-1-3-5-8/h1-5,9,12,14H,6-7H2,(H2,11,13)/t9-/m0/s1. The number of nitrogens with one attached hydrogen (secondary N) is 1. The van der Waals surface area contributed by atoms with E-state index in [2.05, 4.69) is 0 Å². The van der Waals surface area contributed by atoms with Crippen molar-refractivity contribution in [3.63, 3.8) is 0 Å². The van der Waals surface area contributed by atoms with Gasteiger partial charge in [0.15, 0.2) is 0 Å². The molecule has 1 atom stereocenters. The third-order valence-electron chi connectivity index (χ3n) is 2.06. The molecule has 0 saturated carbocycles. The summed E-state index contributed by atoms with van der Waals surface area (Å²) in [7, 11) is 0. The summed E-state index contributed by atoms with van der Waals surface area (Å²) >= 11 is 0. The minimum atomic E-state index is -0.671. The first-order chi connectivity index (χ1) is 6.74. The zero-order chi connectivity index (χ0) is 10.4. The Morgan fingerprint density at radius 1 is 1.43 bits per heavy atom. The van der Waals surface area contributed by atoms with Crippen molar-refractivity contribution in [2.75, 3.05) is 0 Å². The maximum Gasteiger partial charge on any atom is 0.236 e. The number of benzene rings is 1. The number of hydrogen-bond acceptors (Lipinski definition) is 3. The second-order valence-corrected chi connectivity index (χ2v) is 3.11. The molecule has 0 saturated heterocycles. The van der Waals surface area contributed by atoms with Gasteiger partial charge in [-0.3, -0.25) is 4.79 Å². The highest BCUT2D eigenvalue weighted by atomic mass is 16.5. The lowest BCUT2D eigenvalue weighted by Crippen LogP contribution is -2.39. The minimum Gasteiger partial charge on any atom is -0.368 e. The molecule has 0 spiro atoms. The van der Waals surface area contributed by atoms with Crippen LogP contribution in [0, 0.1) is 0 Å². The molecule has 1 amide bonds. The lowest BCUT2D eigenvalue weighted by Gasteiger charge is -2.10. The third-order valence-corrected chi connectivity index (χ3v) is 2.06. The normalized spacial score (nSPS) is 12.4. The number of carbonyl (C=O) groups is 1. The first-order valence-electron chi connectivity index (χ1n) is 4.47. The predicted octanol–water partition coefficient (Wildman–Crippen LogP) is 0.452. The van der Waals surface area contributed by atoms with Crippen molar-refractivity contribution >= 4 is 5.91 Å². The number of nitrogens with two attached hydrogens (primary N) is 1. The number of aryl methyl sites for hydroxylation is 1. The summed E-state index contributed by atoms with van der Waals surface area (Å²) in [5.41, 5.74) is 8.07. The van der Waals surface area contributed by atoms with Gasteiger partial charge in [0.25, 0.3) is 0 Å². The number of hydroxylamine groups is 1. The van der Waals surface area contributed by atoms with Crippen molar-refractivity contribution in [1.82, 2.24) is 5.48 Å². The lowest BCUT2D eigenvalue weighted by atomic mass is 10.1. The van der Waals surface area contributed by atoms with Crippen LogP contribution in [0.2, 0.25) is 0 Å². The molecule has 0 heterocycles. The fourth-order valence-electron chi connectivity index (χ4n) is 1.23. The topological polar surface area (TPSA) is 75.4 Å². The van der Waals surface area contributed by atoms with Crippen LogP contribution in [0.4, 0.5) is 0 Å². The molecule has 1 aromatic rings. The molecule has 0 radical (unpaired) electrons. The number of amides is 1. The van der Waals surface area contributed by atoms with Gasteiger partial charge in [-0.05, 0) is 18.4 Å². The summed E-state index contributed by atoms with van der Waals surface area (Å²) in [5.74, 6) is -0.538. The second-order valence-electron chi connectivity index (χ2n) is 3.11. The fourth-order valence-corrected chi connectivity index (χ4v) is 1.23. The number of primary amides is 1. The summed E-state index contributed by atoms with van der Waals surface area (Å²) in [6, 6.07) is 9.06. The highest BCUT2D eigenvalue weighted by Gasteiger charge is 2.12. The summed E-state index contributed by atoms with van der Waals surface area (Å²) < 4.78 is 0. The van der Waals surface area contributed by atoms with Gasteiger partial charge in [0.05, 0.1) is 0 Å². The van der Waals surface area contributed by atoms with E-state index < -0.39 is 11.9 Å². The Labute approximate surface area is 82.7 Å². The number of carbonyl (C=O) groups excluding carboxylic acids is 1. The van der Waals surface area contributed by atoms with E-state index in [4.69, 9.17) is 10.9 Å². The van der Waals surface area contributed by atoms with E-state index in [9.17, 15) is 4.79 Å². The van der Waals surface area contributed by atoms with Crippen molar-refractivity contribution in [3.05, 3.63) is 35.9 Å². The molecular formula is C10H14N2O2. The highest BCUT2D eigenvalue weighted by Crippen LogP contribution is 2.04. The first-order valence-corrected chi connectivity index (χ1v) is 4.47. The second kappa shape index (κ2) is 5.36. The van der Waals surface area contributed by atoms with Gasteiger partial charge in [-0.1, -0.05) is 30.3 Å². The fraction of sp³-hybridized carbons (Fsp3) is 0.300. The largest absolute Gasteiger partial charge is 0.368 e. The molecule has 1 rings (SSSR count). The van der Waals surface area contributed by atoms with Gasteiger partial charge in [0.2, 0.25) is 5.91 Å². The molecule has 4 N–H and O–H groups in total. The summed E-state index contributed by atoms with van der Waals surface area (Å²) in [6.45, 7) is 0. The van der Waals surface area contributed by atoms with Crippen LogP contribution in [0.5, 0.6) is 0 Å². The molecule has 76 valence electrons. The van der Waals surface area contributed by atoms with Crippen LogP contribution in [0.25, 0.3) is 0 Å². The van der Waals surface area contributed by atoms with Crippen LogP contribution in [-0.2, 0) is 11.2 Å². The van der Waals surface area contributed by atoms with Gasteiger partial charge in [-0.25, -0.2) is 0 Å². The van der Waals surface area contributed by atoms with Crippen LogP contribution in [0.3, 0.4) is 0 Å². The Morgan fingerprint density at radius 2 is 2.07 bits per heavy atom. The summed E-state index contributed by atoms with van der Waals surface area (Å²) in [5, 5.41) is 8.62. The van der Waals surface area contributed by atoms with Crippen molar-refractivity contribution < 1.29 is 10.0 Å². The van der Waals surface area contributed by atoms with Gasteiger partial charge in [-0.15, -0.1) is 0 Å². The first kappa shape index (κ1) is 10.7. The third kappa shape index (κ3) is 3.16. The molecular weight excluding hydrogens is 180 g/mol. The van der Waals surface area contributed by atoms with E-state index in [1.807, 2.05) is 35.8 Å². The zero-order valence-electron chi connectivity index (χ0n) is 7.81. The van der Waals surface area contributed by atoms with E-state index in [1.54, 1.807) is 0 Å². The van der Waals surface area contributed by atoms with E-state index >= 15 is 0 Å². The Hall–Kier alpha value is -1.39. The quantitative estimate of drug-likeness (QED) is 0.596. The molecule has 0 unspecified atom stereocenters. The number of hydrogen-bond donors (Lipinski definition) is 3. The highest BCUT2D eigenvalue weighted by molar-refractivity contribution is 5.79. The summed E-state index contributed by atoms with van der Waals surface area (Å²) in [4.78, 5) is 10.8. The molecule has 0 fully saturated rings. The maximum atomic E-state index is 10.8. The Balaban J connectivity index is 2.44. The predicted molar refractivity (Wildman–Crippen MR) is 52.7 cm³/mol. The smallest absolute Gasteiger partial charge is 0.236 e. The number of rotatable bonds is 5. The van der Waals surface area contributed by atoms with Gasteiger partial charge in [-0.2, -0.15) is 5.48 Å². The van der Waals surface area contributed by atoms with Crippen LogP contribution in [0.1, 0.15) is 12.0 Å². The average molecular weight is 194 g/mol. The SMILES string of the molecule is NC(=O)[C@H](CCc1ccccc1)NO. The van der Waals surface area contributed by atoms with E-state index in [1.165, 1.54) is 0 Å². The van der Waals surface area contributed by atoms with Gasteiger partial charge < -0.3 is 10.9 Å². The average Bonchev–Trinajstić information content (AvgIpc) is 2.20.